The van der Waals surface area contributed by atoms with Crippen LogP contribution in [0.15, 0.2) is 16.2 Å². The van der Waals surface area contributed by atoms with Gasteiger partial charge in [0.05, 0.1) is 5.56 Å². The summed E-state index contributed by atoms with van der Waals surface area (Å²) in [5, 5.41) is 12.9. The van der Waals surface area contributed by atoms with Crippen LogP contribution < -0.4 is 5.73 Å². The number of thioether (sulfide) groups is 1. The Labute approximate surface area is 118 Å². The fourth-order valence-electron chi connectivity index (χ4n) is 2.19. The summed E-state index contributed by atoms with van der Waals surface area (Å²) in [4.78, 5) is 4.71. The lowest BCUT2D eigenvalue weighted by Gasteiger charge is -2.11. The predicted octanol–water partition coefficient (Wildman–Crippen LogP) is 2.80. The van der Waals surface area contributed by atoms with Crippen LogP contribution in [0.3, 0.4) is 0 Å². The molecule has 1 heterocycles. The van der Waals surface area contributed by atoms with Gasteiger partial charge in [0.1, 0.15) is 5.03 Å². The van der Waals surface area contributed by atoms with Crippen LogP contribution in [-0.4, -0.2) is 21.8 Å². The van der Waals surface area contributed by atoms with Gasteiger partial charge in [0.15, 0.2) is 5.84 Å². The number of amidine groups is 1. The zero-order valence-electron chi connectivity index (χ0n) is 11.5. The maximum atomic E-state index is 8.90. The van der Waals surface area contributed by atoms with Crippen molar-refractivity contribution in [1.82, 2.24) is 4.98 Å². The van der Waals surface area contributed by atoms with Crippen LogP contribution in [-0.2, 0) is 12.8 Å². The highest BCUT2D eigenvalue weighted by atomic mass is 32.2. The molecule has 1 aliphatic rings. The van der Waals surface area contributed by atoms with Crippen LogP contribution in [0, 0.1) is 5.92 Å². The molecule has 4 nitrogen and oxygen atoms in total. The van der Waals surface area contributed by atoms with Gasteiger partial charge in [-0.25, -0.2) is 4.98 Å². The van der Waals surface area contributed by atoms with Crippen molar-refractivity contribution in [2.75, 3.05) is 5.75 Å². The van der Waals surface area contributed by atoms with Crippen molar-refractivity contribution in [2.45, 2.75) is 44.6 Å². The van der Waals surface area contributed by atoms with Gasteiger partial charge in [-0.05, 0) is 49.0 Å². The smallest absolute Gasteiger partial charge is 0.172 e. The molecule has 0 saturated carbocycles. The number of nitrogens with zero attached hydrogens (tertiary/aromatic N) is 2. The molecule has 3 N–H and O–H groups in total. The Bertz CT molecular complexity index is 486. The van der Waals surface area contributed by atoms with Crippen LogP contribution >= 0.6 is 11.8 Å². The van der Waals surface area contributed by atoms with Gasteiger partial charge in [-0.15, -0.1) is 11.8 Å². The van der Waals surface area contributed by atoms with E-state index in [0.29, 0.717) is 5.92 Å². The molecule has 0 saturated heterocycles. The SMILES string of the molecule is CC(C)CCSc1nc2c(cc1C(N)=NO)CCC2. The molecule has 1 aliphatic carbocycles. The summed E-state index contributed by atoms with van der Waals surface area (Å²) in [5.41, 5.74) is 8.97. The van der Waals surface area contributed by atoms with Crippen molar-refractivity contribution in [3.05, 3.63) is 22.9 Å². The molecule has 0 unspecified atom stereocenters. The number of aryl methyl sites for hydroxylation is 2. The standard InChI is InChI=1S/C14H21N3OS/c1-9(2)6-7-19-14-11(13(15)17-18)8-10-4-3-5-12(10)16-14/h8-9,18H,3-7H2,1-2H3,(H2,15,17). The number of hydrogen-bond acceptors (Lipinski definition) is 4. The molecular formula is C14H21N3OS. The van der Waals surface area contributed by atoms with E-state index in [-0.39, 0.29) is 5.84 Å². The zero-order valence-corrected chi connectivity index (χ0v) is 12.3. The third-order valence-corrected chi connectivity index (χ3v) is 4.36. The van der Waals surface area contributed by atoms with Crippen LogP contribution in [0.5, 0.6) is 0 Å². The maximum Gasteiger partial charge on any atom is 0.172 e. The van der Waals surface area contributed by atoms with Crippen molar-refractivity contribution in [3.63, 3.8) is 0 Å². The van der Waals surface area contributed by atoms with E-state index in [1.807, 2.05) is 6.07 Å². The van der Waals surface area contributed by atoms with E-state index in [4.69, 9.17) is 15.9 Å². The summed E-state index contributed by atoms with van der Waals surface area (Å²) < 4.78 is 0. The molecule has 19 heavy (non-hydrogen) atoms. The second-order valence-corrected chi connectivity index (χ2v) is 6.40. The van der Waals surface area contributed by atoms with Crippen molar-refractivity contribution < 1.29 is 5.21 Å². The summed E-state index contributed by atoms with van der Waals surface area (Å²) in [7, 11) is 0. The number of fused-ring (bicyclic) bond motifs is 1. The van der Waals surface area contributed by atoms with Gasteiger partial charge in [0, 0.05) is 5.69 Å². The minimum atomic E-state index is 0.161. The van der Waals surface area contributed by atoms with Crippen molar-refractivity contribution in [2.24, 2.45) is 16.8 Å². The second-order valence-electron chi connectivity index (χ2n) is 5.32. The van der Waals surface area contributed by atoms with E-state index in [0.717, 1.165) is 42.0 Å². The number of rotatable bonds is 5. The first kappa shape index (κ1) is 14.2. The summed E-state index contributed by atoms with van der Waals surface area (Å²) >= 11 is 1.70. The molecule has 1 aromatic rings. The Morgan fingerprint density at radius 2 is 2.32 bits per heavy atom. The lowest BCUT2D eigenvalue weighted by Crippen LogP contribution is -2.16. The van der Waals surface area contributed by atoms with Gasteiger partial charge in [-0.1, -0.05) is 19.0 Å². The van der Waals surface area contributed by atoms with Crippen LogP contribution in [0.1, 0.15) is 43.5 Å². The van der Waals surface area contributed by atoms with Gasteiger partial charge in [-0.3, -0.25) is 0 Å². The topological polar surface area (TPSA) is 71.5 Å². The third kappa shape index (κ3) is 3.41. The van der Waals surface area contributed by atoms with Gasteiger partial charge in [0.25, 0.3) is 0 Å². The second kappa shape index (κ2) is 6.28. The van der Waals surface area contributed by atoms with E-state index in [1.54, 1.807) is 11.8 Å². The average Bonchev–Trinajstić information content (AvgIpc) is 2.83. The van der Waals surface area contributed by atoms with E-state index in [9.17, 15) is 0 Å². The zero-order chi connectivity index (χ0) is 13.8. The highest BCUT2D eigenvalue weighted by Gasteiger charge is 2.18. The Kier molecular flexibility index (Phi) is 4.69. The van der Waals surface area contributed by atoms with Gasteiger partial charge < -0.3 is 10.9 Å². The molecule has 0 radical (unpaired) electrons. The largest absolute Gasteiger partial charge is 0.409 e. The fourth-order valence-corrected chi connectivity index (χ4v) is 3.47. The minimum absolute atomic E-state index is 0.161. The van der Waals surface area contributed by atoms with Gasteiger partial charge in [0.2, 0.25) is 0 Å². The minimum Gasteiger partial charge on any atom is -0.409 e. The van der Waals surface area contributed by atoms with E-state index >= 15 is 0 Å². The van der Waals surface area contributed by atoms with Crippen LogP contribution in [0.25, 0.3) is 0 Å². The molecule has 0 fully saturated rings. The molecule has 0 amide bonds. The Balaban J connectivity index is 2.24. The van der Waals surface area contributed by atoms with Crippen molar-refractivity contribution in [1.29, 1.82) is 0 Å². The molecular weight excluding hydrogens is 258 g/mol. The summed E-state index contributed by atoms with van der Waals surface area (Å²) in [6, 6.07) is 2.04. The Hall–Kier alpha value is -1.23. The van der Waals surface area contributed by atoms with Gasteiger partial charge in [-0.2, -0.15) is 0 Å². The maximum absolute atomic E-state index is 8.90. The lowest BCUT2D eigenvalue weighted by molar-refractivity contribution is 0.318. The Morgan fingerprint density at radius 1 is 1.53 bits per heavy atom. The summed E-state index contributed by atoms with van der Waals surface area (Å²) in [6.45, 7) is 4.42. The number of hydrogen-bond donors (Lipinski definition) is 2. The van der Waals surface area contributed by atoms with Crippen LogP contribution in [0.4, 0.5) is 0 Å². The van der Waals surface area contributed by atoms with E-state index in [1.165, 1.54) is 11.3 Å². The molecule has 1 aromatic heterocycles. The van der Waals surface area contributed by atoms with Crippen LogP contribution in [0.2, 0.25) is 0 Å². The number of aromatic nitrogens is 1. The molecule has 104 valence electrons. The van der Waals surface area contributed by atoms with E-state index in [2.05, 4.69) is 19.0 Å². The molecule has 0 bridgehead atoms. The first-order valence-electron chi connectivity index (χ1n) is 6.75. The number of oxime groups is 1. The predicted molar refractivity (Wildman–Crippen MR) is 79.0 cm³/mol. The number of pyridine rings is 1. The Morgan fingerprint density at radius 3 is 3.00 bits per heavy atom. The normalized spacial score (nSPS) is 15.0. The monoisotopic (exact) mass is 279 g/mol. The first-order chi connectivity index (χ1) is 9.11. The summed E-state index contributed by atoms with van der Waals surface area (Å²) in [5.74, 6) is 1.85. The summed E-state index contributed by atoms with van der Waals surface area (Å²) in [6.07, 6.45) is 4.38. The van der Waals surface area contributed by atoms with E-state index < -0.39 is 0 Å². The van der Waals surface area contributed by atoms with Crippen molar-refractivity contribution in [3.8, 4) is 0 Å². The molecule has 0 spiro atoms. The molecule has 2 rings (SSSR count). The molecule has 5 heteroatoms. The fraction of sp³-hybridized carbons (Fsp3) is 0.571. The first-order valence-corrected chi connectivity index (χ1v) is 7.74. The molecule has 0 atom stereocenters. The lowest BCUT2D eigenvalue weighted by atomic mass is 10.1. The third-order valence-electron chi connectivity index (χ3n) is 3.33. The van der Waals surface area contributed by atoms with Crippen molar-refractivity contribution >= 4 is 17.6 Å². The molecule has 0 aromatic carbocycles. The quantitative estimate of drug-likeness (QED) is 0.286. The molecule has 0 aliphatic heterocycles. The highest BCUT2D eigenvalue weighted by Crippen LogP contribution is 2.29. The highest BCUT2D eigenvalue weighted by molar-refractivity contribution is 7.99. The average molecular weight is 279 g/mol. The number of nitrogens with two attached hydrogens (primary N) is 1. The van der Waals surface area contributed by atoms with Gasteiger partial charge >= 0.3 is 0 Å².